The highest BCUT2D eigenvalue weighted by atomic mass is 32.2. The molecule has 0 saturated heterocycles. The Kier molecular flexibility index (Phi) is 5.03. The molecule has 0 fully saturated rings. The van der Waals surface area contributed by atoms with Gasteiger partial charge in [-0.3, -0.25) is 0 Å². The zero-order valence-electron chi connectivity index (χ0n) is 10.9. The molecular weight excluding hydrogens is 258 g/mol. The van der Waals surface area contributed by atoms with Crippen LogP contribution in [0.3, 0.4) is 0 Å². The van der Waals surface area contributed by atoms with Gasteiger partial charge in [0.25, 0.3) is 0 Å². The normalized spacial score (nSPS) is 10.4. The van der Waals surface area contributed by atoms with Crippen LogP contribution in [-0.4, -0.2) is 16.6 Å². The molecule has 0 bridgehead atoms. The van der Waals surface area contributed by atoms with Crippen LogP contribution in [0.4, 0.5) is 5.69 Å². The van der Waals surface area contributed by atoms with Crippen molar-refractivity contribution in [3.05, 3.63) is 42.2 Å². The Morgan fingerprint density at radius 1 is 1.21 bits per heavy atom. The Balaban J connectivity index is 2.04. The highest BCUT2D eigenvalue weighted by Crippen LogP contribution is 2.30. The Bertz CT molecular complexity index is 519. The van der Waals surface area contributed by atoms with Crippen LogP contribution in [0.25, 0.3) is 0 Å². The molecule has 19 heavy (non-hydrogen) atoms. The van der Waals surface area contributed by atoms with E-state index in [2.05, 4.69) is 22.1 Å². The second-order valence-electron chi connectivity index (χ2n) is 4.02. The van der Waals surface area contributed by atoms with Crippen molar-refractivity contribution in [3.63, 3.8) is 0 Å². The molecule has 0 aliphatic heterocycles. The molecule has 0 saturated carbocycles. The molecule has 100 valence electrons. The van der Waals surface area contributed by atoms with Gasteiger partial charge in [0, 0.05) is 5.75 Å². The number of nitrogens with zero attached hydrogens (tertiary/aromatic N) is 2. The summed E-state index contributed by atoms with van der Waals surface area (Å²) in [7, 11) is 0. The van der Waals surface area contributed by atoms with E-state index in [0.29, 0.717) is 18.2 Å². The van der Waals surface area contributed by atoms with Gasteiger partial charge in [0.05, 0.1) is 6.61 Å². The van der Waals surface area contributed by atoms with E-state index in [9.17, 15) is 0 Å². The number of aromatic nitrogens is 2. The highest BCUT2D eigenvalue weighted by molar-refractivity contribution is 7.98. The van der Waals surface area contributed by atoms with Crippen molar-refractivity contribution in [3.8, 4) is 5.88 Å². The lowest BCUT2D eigenvalue weighted by Gasteiger charge is -2.09. The average molecular weight is 275 g/mol. The van der Waals surface area contributed by atoms with E-state index < -0.39 is 0 Å². The molecule has 5 heteroatoms. The molecule has 4 nitrogen and oxygen atoms in total. The smallest absolute Gasteiger partial charge is 0.241 e. The summed E-state index contributed by atoms with van der Waals surface area (Å²) in [6, 6.07) is 10.2. The van der Waals surface area contributed by atoms with E-state index in [-0.39, 0.29) is 0 Å². The third-order valence-corrected chi connectivity index (χ3v) is 3.55. The minimum atomic E-state index is 0.479. The van der Waals surface area contributed by atoms with Gasteiger partial charge in [-0.05, 0) is 12.0 Å². The summed E-state index contributed by atoms with van der Waals surface area (Å²) in [6.45, 7) is 2.66. The lowest BCUT2D eigenvalue weighted by atomic mass is 10.2. The SMILES string of the molecule is CCCOc1ncnc(SCc2ccccc2)c1N. The van der Waals surface area contributed by atoms with E-state index in [1.165, 1.54) is 11.9 Å². The maximum Gasteiger partial charge on any atom is 0.241 e. The minimum Gasteiger partial charge on any atom is -0.476 e. The number of hydrogen-bond donors (Lipinski definition) is 1. The van der Waals surface area contributed by atoms with Gasteiger partial charge in [-0.1, -0.05) is 49.0 Å². The molecule has 2 rings (SSSR count). The summed E-state index contributed by atoms with van der Waals surface area (Å²) in [4.78, 5) is 8.27. The topological polar surface area (TPSA) is 61.0 Å². The van der Waals surface area contributed by atoms with Gasteiger partial charge in [-0.25, -0.2) is 4.98 Å². The van der Waals surface area contributed by atoms with Gasteiger partial charge in [-0.15, -0.1) is 0 Å². The Labute approximate surface area is 117 Å². The lowest BCUT2D eigenvalue weighted by Crippen LogP contribution is -2.03. The monoisotopic (exact) mass is 275 g/mol. The summed E-state index contributed by atoms with van der Waals surface area (Å²) in [5.41, 5.74) is 7.78. The van der Waals surface area contributed by atoms with Gasteiger partial charge in [0.1, 0.15) is 17.0 Å². The first kappa shape index (κ1) is 13.7. The van der Waals surface area contributed by atoms with Crippen LogP contribution in [-0.2, 0) is 5.75 Å². The highest BCUT2D eigenvalue weighted by Gasteiger charge is 2.09. The first-order valence-corrected chi connectivity index (χ1v) is 7.19. The molecule has 1 heterocycles. The maximum absolute atomic E-state index is 6.02. The van der Waals surface area contributed by atoms with Crippen molar-refractivity contribution in [1.29, 1.82) is 0 Å². The van der Waals surface area contributed by atoms with Crippen molar-refractivity contribution in [1.82, 2.24) is 9.97 Å². The summed E-state index contributed by atoms with van der Waals surface area (Å²) in [5, 5.41) is 0.768. The fourth-order valence-corrected chi connectivity index (χ4v) is 2.38. The molecule has 0 spiro atoms. The quantitative estimate of drug-likeness (QED) is 0.648. The standard InChI is InChI=1S/C14H17N3OS/c1-2-8-18-13-12(15)14(17-10-16-13)19-9-11-6-4-3-5-7-11/h3-7,10H,2,8-9,15H2,1H3. The van der Waals surface area contributed by atoms with Crippen molar-refractivity contribution < 1.29 is 4.74 Å². The van der Waals surface area contributed by atoms with Crippen LogP contribution in [0.5, 0.6) is 5.88 Å². The van der Waals surface area contributed by atoms with Crippen LogP contribution >= 0.6 is 11.8 Å². The van der Waals surface area contributed by atoms with Crippen LogP contribution in [0.1, 0.15) is 18.9 Å². The largest absolute Gasteiger partial charge is 0.476 e. The molecule has 0 unspecified atom stereocenters. The van der Waals surface area contributed by atoms with Crippen LogP contribution in [0.15, 0.2) is 41.7 Å². The molecule has 0 aliphatic rings. The predicted molar refractivity (Wildman–Crippen MR) is 78.2 cm³/mol. The Morgan fingerprint density at radius 3 is 2.74 bits per heavy atom. The molecule has 2 N–H and O–H groups in total. The molecule has 1 aromatic heterocycles. The van der Waals surface area contributed by atoms with E-state index in [1.54, 1.807) is 11.8 Å². The van der Waals surface area contributed by atoms with Gasteiger partial charge >= 0.3 is 0 Å². The zero-order valence-corrected chi connectivity index (χ0v) is 11.7. The third kappa shape index (κ3) is 3.86. The van der Waals surface area contributed by atoms with Crippen molar-refractivity contribution >= 4 is 17.4 Å². The molecule has 0 aliphatic carbocycles. The second kappa shape index (κ2) is 6.99. The molecule has 2 aromatic rings. The van der Waals surface area contributed by atoms with Gasteiger partial charge in [0.2, 0.25) is 5.88 Å². The number of rotatable bonds is 6. The maximum atomic E-state index is 6.02. The third-order valence-electron chi connectivity index (χ3n) is 2.47. The van der Waals surface area contributed by atoms with Crippen molar-refractivity contribution in [2.45, 2.75) is 24.1 Å². The Morgan fingerprint density at radius 2 is 2.00 bits per heavy atom. The van der Waals surface area contributed by atoms with Gasteiger partial charge in [0.15, 0.2) is 0 Å². The van der Waals surface area contributed by atoms with Gasteiger partial charge < -0.3 is 10.5 Å². The van der Waals surface area contributed by atoms with Crippen molar-refractivity contribution in [2.24, 2.45) is 0 Å². The summed E-state index contributed by atoms with van der Waals surface area (Å²) in [6.07, 6.45) is 2.42. The average Bonchev–Trinajstić information content (AvgIpc) is 2.46. The van der Waals surface area contributed by atoms with Crippen LogP contribution in [0, 0.1) is 0 Å². The molecule has 0 radical (unpaired) electrons. The fraction of sp³-hybridized carbons (Fsp3) is 0.286. The van der Waals surface area contributed by atoms with Crippen molar-refractivity contribution in [2.75, 3.05) is 12.3 Å². The van der Waals surface area contributed by atoms with Crippen LogP contribution < -0.4 is 10.5 Å². The molecule has 1 aromatic carbocycles. The number of thioether (sulfide) groups is 1. The number of ether oxygens (including phenoxy) is 1. The summed E-state index contributed by atoms with van der Waals surface area (Å²) >= 11 is 1.59. The first-order chi connectivity index (χ1) is 9.31. The first-order valence-electron chi connectivity index (χ1n) is 6.21. The molecular formula is C14H17N3OS. The number of benzene rings is 1. The number of hydrogen-bond acceptors (Lipinski definition) is 5. The fourth-order valence-electron chi connectivity index (χ4n) is 1.52. The Hall–Kier alpha value is -1.75. The number of nitrogen functional groups attached to an aromatic ring is 1. The zero-order chi connectivity index (χ0) is 13.5. The van der Waals surface area contributed by atoms with Gasteiger partial charge in [-0.2, -0.15) is 4.98 Å². The second-order valence-corrected chi connectivity index (χ2v) is 4.98. The summed E-state index contributed by atoms with van der Waals surface area (Å²) in [5.74, 6) is 1.31. The van der Waals surface area contributed by atoms with E-state index in [0.717, 1.165) is 17.2 Å². The summed E-state index contributed by atoms with van der Waals surface area (Å²) < 4.78 is 5.49. The van der Waals surface area contributed by atoms with Crippen LogP contribution in [0.2, 0.25) is 0 Å². The van der Waals surface area contributed by atoms with E-state index in [1.807, 2.05) is 25.1 Å². The molecule has 0 amide bonds. The lowest BCUT2D eigenvalue weighted by molar-refractivity contribution is 0.305. The number of nitrogens with two attached hydrogens (primary N) is 1. The predicted octanol–water partition coefficient (Wildman–Crippen LogP) is 3.14. The van der Waals surface area contributed by atoms with E-state index >= 15 is 0 Å². The minimum absolute atomic E-state index is 0.479. The molecule has 0 atom stereocenters. The van der Waals surface area contributed by atoms with E-state index in [4.69, 9.17) is 10.5 Å². The number of anilines is 1.